The first-order valence-corrected chi connectivity index (χ1v) is 8.14. The van der Waals surface area contributed by atoms with Crippen molar-refractivity contribution in [1.82, 2.24) is 10.1 Å². The monoisotopic (exact) mass is 350 g/mol. The number of rotatable bonds is 6. The van der Waals surface area contributed by atoms with Crippen molar-refractivity contribution in [3.63, 3.8) is 0 Å². The Morgan fingerprint density at radius 2 is 2.12 bits per heavy atom. The number of nitrogens with zero attached hydrogens (tertiary/aromatic N) is 2. The zero-order valence-corrected chi connectivity index (χ0v) is 14.2. The summed E-state index contributed by atoms with van der Waals surface area (Å²) in [5.41, 5.74) is 2.76. The molecule has 1 aliphatic rings. The summed E-state index contributed by atoms with van der Waals surface area (Å²) in [5.74, 6) is 0.652. The Bertz CT molecular complexity index is 699. The average Bonchev–Trinajstić information content (AvgIpc) is 3.02. The second-order valence-corrected chi connectivity index (χ2v) is 5.99. The molecule has 0 atom stereocenters. The fourth-order valence-electron chi connectivity index (χ4n) is 2.65. The van der Waals surface area contributed by atoms with Crippen LogP contribution >= 0.6 is 11.6 Å². The number of methoxy groups -OCH3 is 1. The standard InChI is InChI=1S/C17H19ClN2O4/c1-22-8-9-23-11-16(21)20-7-6-15-14(10-20)17(24-19-15)12-2-4-13(18)5-3-12/h2-5H,6-11H2,1H3. The van der Waals surface area contributed by atoms with Crippen LogP contribution in [0.15, 0.2) is 28.8 Å². The van der Waals surface area contributed by atoms with E-state index < -0.39 is 0 Å². The number of aromatic nitrogens is 1. The molecule has 0 saturated carbocycles. The number of halogens is 1. The van der Waals surface area contributed by atoms with Gasteiger partial charge in [-0.05, 0) is 24.3 Å². The minimum absolute atomic E-state index is 0.0417. The maximum Gasteiger partial charge on any atom is 0.248 e. The number of benzene rings is 1. The molecule has 6 nitrogen and oxygen atoms in total. The van der Waals surface area contributed by atoms with E-state index in [0.29, 0.717) is 43.5 Å². The third-order valence-corrected chi connectivity index (χ3v) is 4.21. The van der Waals surface area contributed by atoms with Gasteiger partial charge in [0.1, 0.15) is 6.61 Å². The Morgan fingerprint density at radius 3 is 2.88 bits per heavy atom. The molecule has 1 aromatic carbocycles. The van der Waals surface area contributed by atoms with E-state index in [0.717, 1.165) is 16.8 Å². The van der Waals surface area contributed by atoms with Gasteiger partial charge in [-0.1, -0.05) is 16.8 Å². The third-order valence-electron chi connectivity index (χ3n) is 3.95. The molecule has 1 amide bonds. The second kappa shape index (κ2) is 7.79. The summed E-state index contributed by atoms with van der Waals surface area (Å²) >= 11 is 5.93. The summed E-state index contributed by atoms with van der Waals surface area (Å²) in [7, 11) is 1.60. The minimum atomic E-state index is -0.0417. The highest BCUT2D eigenvalue weighted by atomic mass is 35.5. The molecule has 128 valence electrons. The second-order valence-electron chi connectivity index (χ2n) is 5.55. The molecule has 0 bridgehead atoms. The molecule has 0 spiro atoms. The van der Waals surface area contributed by atoms with E-state index >= 15 is 0 Å². The maximum atomic E-state index is 12.3. The molecule has 0 fully saturated rings. The molecule has 0 radical (unpaired) electrons. The number of carbonyl (C=O) groups excluding carboxylic acids is 1. The summed E-state index contributed by atoms with van der Waals surface area (Å²) < 4.78 is 15.7. The van der Waals surface area contributed by atoms with Crippen molar-refractivity contribution in [2.24, 2.45) is 0 Å². The molecule has 3 rings (SSSR count). The lowest BCUT2D eigenvalue weighted by Crippen LogP contribution is -2.38. The van der Waals surface area contributed by atoms with Crippen LogP contribution in [0.2, 0.25) is 5.02 Å². The van der Waals surface area contributed by atoms with Crippen LogP contribution in [0.3, 0.4) is 0 Å². The van der Waals surface area contributed by atoms with Gasteiger partial charge in [0.15, 0.2) is 5.76 Å². The Kier molecular flexibility index (Phi) is 5.50. The van der Waals surface area contributed by atoms with Crippen molar-refractivity contribution >= 4 is 17.5 Å². The first kappa shape index (κ1) is 17.0. The van der Waals surface area contributed by atoms with E-state index in [1.54, 1.807) is 24.1 Å². The lowest BCUT2D eigenvalue weighted by Gasteiger charge is -2.26. The predicted octanol–water partition coefficient (Wildman–Crippen LogP) is 2.54. The average molecular weight is 351 g/mol. The van der Waals surface area contributed by atoms with Gasteiger partial charge in [-0.2, -0.15) is 0 Å². The molecule has 0 saturated heterocycles. The van der Waals surface area contributed by atoms with Gasteiger partial charge < -0.3 is 18.9 Å². The minimum Gasteiger partial charge on any atom is -0.382 e. The van der Waals surface area contributed by atoms with E-state index in [9.17, 15) is 4.79 Å². The maximum absolute atomic E-state index is 12.3. The molecule has 24 heavy (non-hydrogen) atoms. The van der Waals surface area contributed by atoms with Crippen molar-refractivity contribution in [3.05, 3.63) is 40.5 Å². The summed E-state index contributed by atoms with van der Waals surface area (Å²) in [4.78, 5) is 14.0. The van der Waals surface area contributed by atoms with Crippen LogP contribution in [0.25, 0.3) is 11.3 Å². The molecule has 2 aromatic rings. The van der Waals surface area contributed by atoms with Crippen LogP contribution in [0, 0.1) is 0 Å². The van der Waals surface area contributed by atoms with Crippen LogP contribution in [-0.4, -0.2) is 49.4 Å². The van der Waals surface area contributed by atoms with E-state index in [4.69, 9.17) is 25.6 Å². The quantitative estimate of drug-likeness (QED) is 0.749. The highest BCUT2D eigenvalue weighted by molar-refractivity contribution is 6.30. The van der Waals surface area contributed by atoms with Gasteiger partial charge in [0.05, 0.1) is 25.5 Å². The molecular formula is C17H19ClN2O4. The van der Waals surface area contributed by atoms with Gasteiger partial charge in [0.2, 0.25) is 5.91 Å². The number of ether oxygens (including phenoxy) is 2. The van der Waals surface area contributed by atoms with E-state index in [1.165, 1.54) is 0 Å². The number of carbonyl (C=O) groups is 1. The van der Waals surface area contributed by atoms with Gasteiger partial charge in [-0.25, -0.2) is 0 Å². The van der Waals surface area contributed by atoms with E-state index in [2.05, 4.69) is 5.16 Å². The molecule has 0 N–H and O–H groups in total. The first-order chi connectivity index (χ1) is 11.7. The Morgan fingerprint density at radius 1 is 1.33 bits per heavy atom. The van der Waals surface area contributed by atoms with Crippen molar-refractivity contribution in [1.29, 1.82) is 0 Å². The third kappa shape index (κ3) is 3.77. The predicted molar refractivity (Wildman–Crippen MR) is 88.8 cm³/mol. The topological polar surface area (TPSA) is 64.8 Å². The van der Waals surface area contributed by atoms with Crippen molar-refractivity contribution < 1.29 is 18.8 Å². The van der Waals surface area contributed by atoms with Crippen LogP contribution in [0.4, 0.5) is 0 Å². The summed E-state index contributed by atoms with van der Waals surface area (Å²) in [5, 5.41) is 4.81. The Balaban J connectivity index is 1.69. The van der Waals surface area contributed by atoms with Gasteiger partial charge in [0, 0.05) is 36.2 Å². The molecule has 7 heteroatoms. The SMILES string of the molecule is COCCOCC(=O)N1CCc2noc(-c3ccc(Cl)cc3)c2C1. The molecule has 2 heterocycles. The normalized spacial score (nSPS) is 13.8. The number of hydrogen-bond acceptors (Lipinski definition) is 5. The number of hydrogen-bond donors (Lipinski definition) is 0. The van der Waals surface area contributed by atoms with Crippen molar-refractivity contribution in [3.8, 4) is 11.3 Å². The van der Waals surface area contributed by atoms with Gasteiger partial charge in [-0.3, -0.25) is 4.79 Å². The van der Waals surface area contributed by atoms with Crippen molar-refractivity contribution in [2.75, 3.05) is 33.5 Å². The van der Waals surface area contributed by atoms with E-state index in [1.807, 2.05) is 12.1 Å². The van der Waals surface area contributed by atoms with Crippen LogP contribution < -0.4 is 0 Å². The summed E-state index contributed by atoms with van der Waals surface area (Å²) in [6.07, 6.45) is 0.677. The zero-order valence-electron chi connectivity index (χ0n) is 13.5. The molecular weight excluding hydrogens is 332 g/mol. The largest absolute Gasteiger partial charge is 0.382 e. The molecule has 1 aromatic heterocycles. The summed E-state index contributed by atoms with van der Waals surface area (Å²) in [6.45, 7) is 2.03. The number of fused-ring (bicyclic) bond motifs is 1. The number of amides is 1. The zero-order chi connectivity index (χ0) is 16.9. The van der Waals surface area contributed by atoms with Gasteiger partial charge in [0.25, 0.3) is 0 Å². The van der Waals surface area contributed by atoms with Crippen molar-refractivity contribution in [2.45, 2.75) is 13.0 Å². The fraction of sp³-hybridized carbons (Fsp3) is 0.412. The van der Waals surface area contributed by atoms with Crippen LogP contribution in [0.1, 0.15) is 11.3 Å². The highest BCUT2D eigenvalue weighted by Crippen LogP contribution is 2.31. The smallest absolute Gasteiger partial charge is 0.248 e. The summed E-state index contributed by atoms with van der Waals surface area (Å²) in [6, 6.07) is 7.39. The Labute approximate surface area is 145 Å². The Hall–Kier alpha value is -1.89. The van der Waals surface area contributed by atoms with Crippen LogP contribution in [-0.2, 0) is 27.2 Å². The first-order valence-electron chi connectivity index (χ1n) is 7.77. The molecule has 0 aliphatic carbocycles. The van der Waals surface area contributed by atoms with Gasteiger partial charge in [-0.15, -0.1) is 0 Å². The molecule has 0 unspecified atom stereocenters. The fourth-order valence-corrected chi connectivity index (χ4v) is 2.77. The lowest BCUT2D eigenvalue weighted by molar-refractivity contribution is -0.137. The van der Waals surface area contributed by atoms with Gasteiger partial charge >= 0.3 is 0 Å². The molecule has 1 aliphatic heterocycles. The van der Waals surface area contributed by atoms with E-state index in [-0.39, 0.29) is 12.5 Å². The van der Waals surface area contributed by atoms with Crippen LogP contribution in [0.5, 0.6) is 0 Å². The highest BCUT2D eigenvalue weighted by Gasteiger charge is 2.27. The lowest BCUT2D eigenvalue weighted by atomic mass is 10.0.